The van der Waals surface area contributed by atoms with E-state index in [1.165, 1.54) is 6.07 Å². The SMILES string of the molecule is COc1cncc(NCc2cc3nccnc3cc2F)c1OC1CCNC1. The molecular formula is C19H20FN5O2. The van der Waals surface area contributed by atoms with Gasteiger partial charge in [-0.3, -0.25) is 15.0 Å². The zero-order chi connectivity index (χ0) is 18.6. The average molecular weight is 369 g/mol. The lowest BCUT2D eigenvalue weighted by Crippen LogP contribution is -2.20. The lowest BCUT2D eigenvalue weighted by Gasteiger charge is -2.19. The zero-order valence-corrected chi connectivity index (χ0v) is 14.9. The molecule has 4 rings (SSSR count). The fourth-order valence-corrected chi connectivity index (χ4v) is 3.07. The number of rotatable bonds is 6. The second kappa shape index (κ2) is 7.71. The molecule has 2 N–H and O–H groups in total. The smallest absolute Gasteiger partial charge is 0.187 e. The van der Waals surface area contributed by atoms with E-state index < -0.39 is 0 Å². The third-order valence-corrected chi connectivity index (χ3v) is 4.49. The van der Waals surface area contributed by atoms with Crippen LogP contribution in [0.2, 0.25) is 0 Å². The molecule has 0 saturated carbocycles. The van der Waals surface area contributed by atoms with Crippen LogP contribution in [-0.2, 0) is 6.54 Å². The number of fused-ring (bicyclic) bond motifs is 1. The lowest BCUT2D eigenvalue weighted by molar-refractivity contribution is 0.213. The molecule has 1 unspecified atom stereocenters. The van der Waals surface area contributed by atoms with Crippen molar-refractivity contribution in [2.75, 3.05) is 25.5 Å². The minimum atomic E-state index is -0.339. The van der Waals surface area contributed by atoms with Gasteiger partial charge in [-0.05, 0) is 19.0 Å². The highest BCUT2D eigenvalue weighted by molar-refractivity contribution is 5.74. The van der Waals surface area contributed by atoms with Gasteiger partial charge in [-0.2, -0.15) is 0 Å². The van der Waals surface area contributed by atoms with Gasteiger partial charge in [0.1, 0.15) is 11.9 Å². The van der Waals surface area contributed by atoms with E-state index in [4.69, 9.17) is 9.47 Å². The Labute approximate surface area is 156 Å². The molecule has 1 saturated heterocycles. The number of halogens is 1. The van der Waals surface area contributed by atoms with Gasteiger partial charge in [0, 0.05) is 37.1 Å². The highest BCUT2D eigenvalue weighted by Gasteiger charge is 2.21. The van der Waals surface area contributed by atoms with Gasteiger partial charge in [0.05, 0.1) is 36.2 Å². The van der Waals surface area contributed by atoms with Crippen molar-refractivity contribution in [3.05, 3.63) is 48.3 Å². The molecule has 1 fully saturated rings. The summed E-state index contributed by atoms with van der Waals surface area (Å²) in [4.78, 5) is 12.5. The van der Waals surface area contributed by atoms with Crippen molar-refractivity contribution in [1.82, 2.24) is 20.3 Å². The number of hydrogen-bond acceptors (Lipinski definition) is 7. The number of ether oxygens (including phenoxy) is 2. The lowest BCUT2D eigenvalue weighted by atomic mass is 10.1. The Morgan fingerprint density at radius 1 is 1.22 bits per heavy atom. The highest BCUT2D eigenvalue weighted by Crippen LogP contribution is 2.36. The molecule has 0 aliphatic carbocycles. The van der Waals surface area contributed by atoms with Crippen LogP contribution >= 0.6 is 0 Å². The number of anilines is 1. The van der Waals surface area contributed by atoms with Crippen LogP contribution in [-0.4, -0.2) is 41.3 Å². The van der Waals surface area contributed by atoms with Crippen molar-refractivity contribution in [2.45, 2.75) is 19.1 Å². The number of methoxy groups -OCH3 is 1. The maximum absolute atomic E-state index is 14.4. The van der Waals surface area contributed by atoms with Crippen LogP contribution in [0.5, 0.6) is 11.5 Å². The van der Waals surface area contributed by atoms with Crippen LogP contribution in [0.15, 0.2) is 36.9 Å². The molecule has 1 atom stereocenters. The van der Waals surface area contributed by atoms with Crippen LogP contribution < -0.4 is 20.1 Å². The van der Waals surface area contributed by atoms with Crippen LogP contribution in [0.25, 0.3) is 11.0 Å². The van der Waals surface area contributed by atoms with Gasteiger partial charge in [-0.15, -0.1) is 0 Å². The van der Waals surface area contributed by atoms with E-state index in [2.05, 4.69) is 25.6 Å². The Morgan fingerprint density at radius 2 is 2.04 bits per heavy atom. The van der Waals surface area contributed by atoms with E-state index >= 15 is 0 Å². The van der Waals surface area contributed by atoms with Crippen molar-refractivity contribution < 1.29 is 13.9 Å². The summed E-state index contributed by atoms with van der Waals surface area (Å²) in [5, 5.41) is 6.48. The van der Waals surface area contributed by atoms with Gasteiger partial charge in [0.2, 0.25) is 0 Å². The molecule has 1 aliphatic rings. The number of hydrogen-bond donors (Lipinski definition) is 2. The van der Waals surface area contributed by atoms with Crippen LogP contribution in [0.4, 0.5) is 10.1 Å². The molecule has 0 spiro atoms. The fourth-order valence-electron chi connectivity index (χ4n) is 3.07. The normalized spacial score (nSPS) is 16.4. The molecule has 140 valence electrons. The molecule has 0 radical (unpaired) electrons. The third-order valence-electron chi connectivity index (χ3n) is 4.49. The molecule has 27 heavy (non-hydrogen) atoms. The molecule has 2 aromatic heterocycles. The van der Waals surface area contributed by atoms with Crippen molar-refractivity contribution >= 4 is 16.7 Å². The molecule has 8 heteroatoms. The molecule has 3 heterocycles. The summed E-state index contributed by atoms with van der Waals surface area (Å²) in [6, 6.07) is 3.09. The van der Waals surface area contributed by atoms with Gasteiger partial charge >= 0.3 is 0 Å². The molecule has 3 aromatic rings. The maximum atomic E-state index is 14.4. The molecule has 1 aliphatic heterocycles. The average Bonchev–Trinajstić information content (AvgIpc) is 3.20. The first-order valence-corrected chi connectivity index (χ1v) is 8.77. The zero-order valence-electron chi connectivity index (χ0n) is 14.9. The number of benzene rings is 1. The van der Waals surface area contributed by atoms with E-state index in [0.717, 1.165) is 19.5 Å². The number of pyridine rings is 1. The number of nitrogens with one attached hydrogen (secondary N) is 2. The third kappa shape index (κ3) is 3.75. The van der Waals surface area contributed by atoms with Crippen molar-refractivity contribution in [2.24, 2.45) is 0 Å². The van der Waals surface area contributed by atoms with Crippen molar-refractivity contribution in [3.8, 4) is 11.5 Å². The Bertz CT molecular complexity index is 947. The molecule has 7 nitrogen and oxygen atoms in total. The summed E-state index contributed by atoms with van der Waals surface area (Å²) in [6.45, 7) is 1.96. The van der Waals surface area contributed by atoms with E-state index in [1.807, 2.05) is 0 Å². The first-order valence-electron chi connectivity index (χ1n) is 8.77. The summed E-state index contributed by atoms with van der Waals surface area (Å²) in [7, 11) is 1.57. The fraction of sp³-hybridized carbons (Fsp3) is 0.316. The predicted octanol–water partition coefficient (Wildman–Crippen LogP) is 2.53. The van der Waals surface area contributed by atoms with Gasteiger partial charge in [0.25, 0.3) is 0 Å². The van der Waals surface area contributed by atoms with Gasteiger partial charge in [0.15, 0.2) is 11.5 Å². The van der Waals surface area contributed by atoms with E-state index in [-0.39, 0.29) is 18.5 Å². The van der Waals surface area contributed by atoms with Gasteiger partial charge < -0.3 is 20.1 Å². The van der Waals surface area contributed by atoms with Gasteiger partial charge in [-0.25, -0.2) is 4.39 Å². The summed E-state index contributed by atoms with van der Waals surface area (Å²) < 4.78 is 25.9. The Morgan fingerprint density at radius 3 is 2.78 bits per heavy atom. The molecular weight excluding hydrogens is 349 g/mol. The van der Waals surface area contributed by atoms with E-state index in [1.54, 1.807) is 38.0 Å². The predicted molar refractivity (Wildman–Crippen MR) is 99.5 cm³/mol. The Kier molecular flexibility index (Phi) is 4.97. The monoisotopic (exact) mass is 369 g/mol. The molecule has 0 amide bonds. The summed E-state index contributed by atoms with van der Waals surface area (Å²) in [5.74, 6) is 0.785. The van der Waals surface area contributed by atoms with Crippen LogP contribution in [0.1, 0.15) is 12.0 Å². The summed E-state index contributed by atoms with van der Waals surface area (Å²) in [5.41, 5.74) is 2.31. The van der Waals surface area contributed by atoms with Crippen LogP contribution in [0, 0.1) is 5.82 Å². The molecule has 0 bridgehead atoms. The standard InChI is InChI=1S/C19H20FN5O2/c1-26-18-11-22-10-17(19(18)27-13-2-3-21-9-13)25-8-12-6-15-16(7-14(12)20)24-5-4-23-15/h4-7,10-11,13,21,25H,2-3,8-9H2,1H3. The Balaban J connectivity index is 1.58. The first-order chi connectivity index (χ1) is 13.2. The van der Waals surface area contributed by atoms with Crippen molar-refractivity contribution in [1.29, 1.82) is 0 Å². The summed E-state index contributed by atoms with van der Waals surface area (Å²) in [6.07, 6.45) is 7.37. The number of aromatic nitrogens is 3. The highest BCUT2D eigenvalue weighted by atomic mass is 19.1. The minimum absolute atomic E-state index is 0.0644. The quantitative estimate of drug-likeness (QED) is 0.691. The second-order valence-electron chi connectivity index (χ2n) is 6.29. The maximum Gasteiger partial charge on any atom is 0.187 e. The summed E-state index contributed by atoms with van der Waals surface area (Å²) >= 11 is 0. The largest absolute Gasteiger partial charge is 0.491 e. The molecule has 1 aromatic carbocycles. The second-order valence-corrected chi connectivity index (χ2v) is 6.29. The van der Waals surface area contributed by atoms with Crippen molar-refractivity contribution in [3.63, 3.8) is 0 Å². The number of nitrogens with zero attached hydrogens (tertiary/aromatic N) is 3. The van der Waals surface area contributed by atoms with E-state index in [0.29, 0.717) is 33.8 Å². The minimum Gasteiger partial charge on any atom is -0.491 e. The van der Waals surface area contributed by atoms with Crippen LogP contribution in [0.3, 0.4) is 0 Å². The van der Waals surface area contributed by atoms with Gasteiger partial charge in [-0.1, -0.05) is 0 Å². The van der Waals surface area contributed by atoms with E-state index in [9.17, 15) is 4.39 Å². The topological polar surface area (TPSA) is 81.2 Å². The first kappa shape index (κ1) is 17.4. The Hall–Kier alpha value is -3.00.